The van der Waals surface area contributed by atoms with Gasteiger partial charge in [-0.05, 0) is 27.5 Å². The summed E-state index contributed by atoms with van der Waals surface area (Å²) in [5.41, 5.74) is 0.586. The number of rotatable bonds is 7. The highest BCUT2D eigenvalue weighted by molar-refractivity contribution is 6.99. The predicted molar refractivity (Wildman–Crippen MR) is 135 cm³/mol. The number of anilines is 1. The molecule has 0 saturated carbocycles. The number of para-hydroxylation sites is 1. The number of amides is 1. The van der Waals surface area contributed by atoms with E-state index in [9.17, 15) is 4.79 Å². The highest BCUT2D eigenvalue weighted by Gasteiger charge is 2.50. The molecule has 0 aliphatic carbocycles. The van der Waals surface area contributed by atoms with Crippen LogP contribution in [0.3, 0.4) is 0 Å². The standard InChI is InChI=1S/C27H28N2O4Si/c1-27(2,3)34(23-15-9-5-10-16-23,24-17-11-6-12-18-24)31-20-21-19-25(33-29-21)28-26(30)32-22-13-7-4-8-14-22/h4-19H,20H2,1-3H3,(H,28,30). The minimum Gasteiger partial charge on any atom is -0.410 e. The maximum Gasteiger partial charge on any atom is 0.419 e. The van der Waals surface area contributed by atoms with Crippen LogP contribution < -0.4 is 20.4 Å². The van der Waals surface area contributed by atoms with Gasteiger partial charge in [0.25, 0.3) is 8.32 Å². The molecule has 0 bridgehead atoms. The Kier molecular flexibility index (Phi) is 6.95. The summed E-state index contributed by atoms with van der Waals surface area (Å²) in [6.07, 6.45) is -0.651. The Morgan fingerprint density at radius 2 is 1.41 bits per heavy atom. The molecule has 1 N–H and O–H groups in total. The van der Waals surface area contributed by atoms with Gasteiger partial charge in [0, 0.05) is 6.07 Å². The van der Waals surface area contributed by atoms with Crippen LogP contribution in [0.4, 0.5) is 10.7 Å². The lowest BCUT2D eigenvalue weighted by Crippen LogP contribution is -2.66. The number of carbonyl (C=O) groups excluding carboxylic acids is 1. The molecule has 0 unspecified atom stereocenters. The zero-order valence-corrected chi connectivity index (χ0v) is 20.5. The van der Waals surface area contributed by atoms with Gasteiger partial charge in [0.1, 0.15) is 11.4 Å². The SMILES string of the molecule is CC(C)(C)[Si](OCc1cc(NC(=O)Oc2ccccc2)on1)(c1ccccc1)c1ccccc1. The van der Waals surface area contributed by atoms with Crippen LogP contribution in [0.1, 0.15) is 26.5 Å². The highest BCUT2D eigenvalue weighted by Crippen LogP contribution is 2.37. The van der Waals surface area contributed by atoms with E-state index >= 15 is 0 Å². The fourth-order valence-electron chi connectivity index (χ4n) is 4.10. The van der Waals surface area contributed by atoms with E-state index in [0.29, 0.717) is 11.4 Å². The Morgan fingerprint density at radius 3 is 1.94 bits per heavy atom. The van der Waals surface area contributed by atoms with E-state index in [-0.39, 0.29) is 17.5 Å². The molecule has 0 aliphatic heterocycles. The van der Waals surface area contributed by atoms with Crippen molar-refractivity contribution in [3.8, 4) is 5.75 Å². The molecular formula is C27H28N2O4Si. The van der Waals surface area contributed by atoms with Gasteiger partial charge in [0.15, 0.2) is 0 Å². The van der Waals surface area contributed by atoms with Crippen LogP contribution >= 0.6 is 0 Å². The molecule has 4 aromatic rings. The van der Waals surface area contributed by atoms with Gasteiger partial charge in [-0.1, -0.05) is 105 Å². The number of carbonyl (C=O) groups is 1. The summed E-state index contributed by atoms with van der Waals surface area (Å²) in [5, 5.41) is 8.88. The Morgan fingerprint density at radius 1 is 0.882 bits per heavy atom. The zero-order valence-electron chi connectivity index (χ0n) is 19.5. The molecule has 3 aromatic carbocycles. The van der Waals surface area contributed by atoms with E-state index in [1.54, 1.807) is 30.3 Å². The van der Waals surface area contributed by atoms with E-state index in [4.69, 9.17) is 13.7 Å². The number of nitrogens with zero attached hydrogens (tertiary/aromatic N) is 1. The normalized spacial score (nSPS) is 11.7. The molecule has 1 heterocycles. The molecule has 0 fully saturated rings. The molecule has 0 spiro atoms. The fourth-order valence-corrected chi connectivity index (χ4v) is 8.62. The molecule has 34 heavy (non-hydrogen) atoms. The van der Waals surface area contributed by atoms with E-state index in [2.05, 4.69) is 55.5 Å². The number of nitrogens with one attached hydrogen (secondary N) is 1. The third-order valence-electron chi connectivity index (χ3n) is 5.59. The Balaban J connectivity index is 1.55. The quantitative estimate of drug-likeness (QED) is 0.367. The molecule has 1 aromatic heterocycles. The maximum atomic E-state index is 12.2. The summed E-state index contributed by atoms with van der Waals surface area (Å²) >= 11 is 0. The molecule has 0 atom stereocenters. The number of aromatic nitrogens is 1. The lowest BCUT2D eigenvalue weighted by molar-refractivity contribution is 0.214. The second-order valence-electron chi connectivity index (χ2n) is 8.96. The molecule has 4 rings (SSSR count). The van der Waals surface area contributed by atoms with E-state index in [1.165, 1.54) is 10.4 Å². The smallest absolute Gasteiger partial charge is 0.410 e. The Bertz CT molecular complexity index is 1170. The van der Waals surface area contributed by atoms with E-state index in [0.717, 1.165) is 0 Å². The second kappa shape index (κ2) is 10.1. The van der Waals surface area contributed by atoms with Gasteiger partial charge < -0.3 is 13.7 Å². The number of ether oxygens (including phenoxy) is 1. The van der Waals surface area contributed by atoms with Crippen molar-refractivity contribution in [3.63, 3.8) is 0 Å². The molecule has 174 valence electrons. The minimum atomic E-state index is -2.70. The van der Waals surface area contributed by atoms with E-state index in [1.807, 2.05) is 42.5 Å². The Hall–Kier alpha value is -3.68. The first kappa shape index (κ1) is 23.5. The van der Waals surface area contributed by atoms with Crippen molar-refractivity contribution in [2.24, 2.45) is 0 Å². The van der Waals surface area contributed by atoms with E-state index < -0.39 is 14.4 Å². The molecule has 7 heteroatoms. The third-order valence-corrected chi connectivity index (χ3v) is 10.6. The first-order valence-electron chi connectivity index (χ1n) is 11.1. The number of hydrogen-bond acceptors (Lipinski definition) is 5. The van der Waals surface area contributed by atoms with Crippen molar-refractivity contribution in [3.05, 3.63) is 103 Å². The first-order chi connectivity index (χ1) is 16.4. The second-order valence-corrected chi connectivity index (χ2v) is 13.3. The van der Waals surface area contributed by atoms with Gasteiger partial charge in [-0.25, -0.2) is 4.79 Å². The molecular weight excluding hydrogens is 444 g/mol. The van der Waals surface area contributed by atoms with Gasteiger partial charge in [0.05, 0.1) is 6.61 Å². The average molecular weight is 473 g/mol. The van der Waals surface area contributed by atoms with Crippen molar-refractivity contribution >= 4 is 30.7 Å². The average Bonchev–Trinajstić information content (AvgIpc) is 3.27. The van der Waals surface area contributed by atoms with Gasteiger partial charge in [-0.2, -0.15) is 0 Å². The largest absolute Gasteiger partial charge is 0.419 e. The van der Waals surface area contributed by atoms with Crippen molar-refractivity contribution in [2.45, 2.75) is 32.4 Å². The van der Waals surface area contributed by atoms with Crippen molar-refractivity contribution in [1.82, 2.24) is 5.16 Å². The van der Waals surface area contributed by atoms with Crippen LogP contribution in [-0.4, -0.2) is 19.6 Å². The first-order valence-corrected chi connectivity index (χ1v) is 13.0. The monoisotopic (exact) mass is 472 g/mol. The molecule has 0 saturated heterocycles. The summed E-state index contributed by atoms with van der Waals surface area (Å²) in [6.45, 7) is 6.89. The van der Waals surface area contributed by atoms with Crippen LogP contribution in [0.15, 0.2) is 102 Å². The van der Waals surface area contributed by atoms with Crippen LogP contribution in [-0.2, 0) is 11.0 Å². The van der Waals surface area contributed by atoms with Crippen molar-refractivity contribution < 1.29 is 18.5 Å². The summed E-state index contributed by atoms with van der Waals surface area (Å²) < 4.78 is 17.4. The lowest BCUT2D eigenvalue weighted by atomic mass is 10.2. The Labute approximate surface area is 200 Å². The zero-order chi connectivity index (χ0) is 24.0. The van der Waals surface area contributed by atoms with Crippen LogP contribution in [0.5, 0.6) is 5.75 Å². The fraction of sp³-hybridized carbons (Fsp3) is 0.185. The maximum absolute atomic E-state index is 12.2. The third kappa shape index (κ3) is 5.11. The van der Waals surface area contributed by atoms with Gasteiger partial charge in [-0.3, -0.25) is 5.32 Å². The van der Waals surface area contributed by atoms with Gasteiger partial charge in [0.2, 0.25) is 5.88 Å². The minimum absolute atomic E-state index is 0.153. The summed E-state index contributed by atoms with van der Waals surface area (Å²) in [5.74, 6) is 0.636. The summed E-state index contributed by atoms with van der Waals surface area (Å²) in [7, 11) is -2.70. The van der Waals surface area contributed by atoms with Crippen LogP contribution in [0, 0.1) is 0 Å². The topological polar surface area (TPSA) is 73.6 Å². The molecule has 0 aliphatic rings. The van der Waals surface area contributed by atoms with Crippen LogP contribution in [0.2, 0.25) is 5.04 Å². The summed E-state index contributed by atoms with van der Waals surface area (Å²) in [6, 6.07) is 31.2. The summed E-state index contributed by atoms with van der Waals surface area (Å²) in [4.78, 5) is 12.2. The highest BCUT2D eigenvalue weighted by atomic mass is 28.4. The van der Waals surface area contributed by atoms with Gasteiger partial charge in [-0.15, -0.1) is 0 Å². The lowest BCUT2D eigenvalue weighted by Gasteiger charge is -2.42. The van der Waals surface area contributed by atoms with Gasteiger partial charge >= 0.3 is 6.09 Å². The molecule has 6 nitrogen and oxygen atoms in total. The molecule has 1 amide bonds. The van der Waals surface area contributed by atoms with Crippen molar-refractivity contribution in [2.75, 3.05) is 5.32 Å². The number of hydrogen-bond donors (Lipinski definition) is 1. The van der Waals surface area contributed by atoms with Crippen molar-refractivity contribution in [1.29, 1.82) is 0 Å². The molecule has 0 radical (unpaired) electrons. The predicted octanol–water partition coefficient (Wildman–Crippen LogP) is 5.36. The van der Waals surface area contributed by atoms with Crippen LogP contribution in [0.25, 0.3) is 0 Å². The number of benzene rings is 3.